The summed E-state index contributed by atoms with van der Waals surface area (Å²) in [6, 6.07) is 0. The van der Waals surface area contributed by atoms with Crippen molar-refractivity contribution in [1.82, 2.24) is 0 Å². The SMILES string of the molecule is C[C@]12CC[C@H]3[C@@H](C[C@@H](O)[C@H]4CC(=O)CC[C@@]43C)[C@@H]1CC(=O)C2. The van der Waals surface area contributed by atoms with Gasteiger partial charge in [-0.15, -0.1) is 0 Å². The molecule has 0 unspecified atom stereocenters. The molecule has 0 radical (unpaired) electrons. The summed E-state index contributed by atoms with van der Waals surface area (Å²) in [6.07, 6.45) is 6.45. The van der Waals surface area contributed by atoms with Gasteiger partial charge in [0.25, 0.3) is 0 Å². The minimum Gasteiger partial charge on any atom is -0.393 e. The second kappa shape index (κ2) is 4.66. The molecule has 3 nitrogen and oxygen atoms in total. The average molecular weight is 304 g/mol. The molecule has 4 saturated carbocycles. The Hall–Kier alpha value is -0.700. The molecule has 22 heavy (non-hydrogen) atoms. The molecule has 4 fully saturated rings. The Bertz CT molecular complexity index is 527. The van der Waals surface area contributed by atoms with E-state index >= 15 is 0 Å². The third-order valence-corrected chi connectivity index (χ3v) is 8.07. The van der Waals surface area contributed by atoms with E-state index in [0.717, 1.165) is 32.1 Å². The van der Waals surface area contributed by atoms with Crippen molar-refractivity contribution in [2.45, 2.75) is 71.3 Å². The number of carbonyl (C=O) groups excluding carboxylic acids is 2. The highest BCUT2D eigenvalue weighted by atomic mass is 16.3. The van der Waals surface area contributed by atoms with Crippen LogP contribution < -0.4 is 0 Å². The van der Waals surface area contributed by atoms with Crippen LogP contribution in [-0.4, -0.2) is 22.8 Å². The topological polar surface area (TPSA) is 54.4 Å². The highest BCUT2D eigenvalue weighted by molar-refractivity contribution is 5.82. The first-order chi connectivity index (χ1) is 10.3. The zero-order valence-electron chi connectivity index (χ0n) is 13.8. The van der Waals surface area contributed by atoms with Crippen molar-refractivity contribution in [3.63, 3.8) is 0 Å². The molecule has 7 atom stereocenters. The summed E-state index contributed by atoms with van der Waals surface area (Å²) in [6.45, 7) is 4.62. The second-order valence-corrected chi connectivity index (χ2v) is 9.15. The minimum atomic E-state index is -0.353. The number of aliphatic hydroxyl groups is 1. The van der Waals surface area contributed by atoms with Crippen molar-refractivity contribution in [2.75, 3.05) is 0 Å². The number of ketones is 2. The molecule has 0 saturated heterocycles. The smallest absolute Gasteiger partial charge is 0.133 e. The van der Waals surface area contributed by atoms with E-state index in [9.17, 15) is 14.7 Å². The molecule has 0 amide bonds. The Morgan fingerprint density at radius 2 is 1.73 bits per heavy atom. The lowest BCUT2D eigenvalue weighted by molar-refractivity contribution is -0.162. The summed E-state index contributed by atoms with van der Waals surface area (Å²) < 4.78 is 0. The molecule has 0 aromatic rings. The first kappa shape index (κ1) is 14.9. The van der Waals surface area contributed by atoms with Crippen LogP contribution in [0.3, 0.4) is 0 Å². The molecule has 122 valence electrons. The second-order valence-electron chi connectivity index (χ2n) is 9.15. The van der Waals surface area contributed by atoms with E-state index in [1.54, 1.807) is 0 Å². The minimum absolute atomic E-state index is 0.100. The van der Waals surface area contributed by atoms with E-state index in [2.05, 4.69) is 13.8 Å². The molecule has 0 aliphatic heterocycles. The summed E-state index contributed by atoms with van der Waals surface area (Å²) in [5, 5.41) is 10.8. The third-order valence-electron chi connectivity index (χ3n) is 8.07. The first-order valence-corrected chi connectivity index (χ1v) is 9.05. The maximum absolute atomic E-state index is 12.1. The van der Waals surface area contributed by atoms with E-state index < -0.39 is 0 Å². The van der Waals surface area contributed by atoms with Crippen molar-refractivity contribution in [1.29, 1.82) is 0 Å². The molecule has 1 N–H and O–H groups in total. The van der Waals surface area contributed by atoms with E-state index in [-0.39, 0.29) is 22.9 Å². The zero-order chi connectivity index (χ0) is 15.7. The predicted octanol–water partition coefficient (Wildman–Crippen LogP) is 3.14. The number of aliphatic hydroxyl groups excluding tert-OH is 1. The molecule has 4 aliphatic carbocycles. The van der Waals surface area contributed by atoms with Gasteiger partial charge in [-0.05, 0) is 60.2 Å². The Morgan fingerprint density at radius 3 is 2.50 bits per heavy atom. The fraction of sp³-hybridized carbons (Fsp3) is 0.895. The van der Waals surface area contributed by atoms with Gasteiger partial charge in [-0.1, -0.05) is 13.8 Å². The molecule has 0 heterocycles. The first-order valence-electron chi connectivity index (χ1n) is 9.05. The summed E-state index contributed by atoms with van der Waals surface area (Å²) in [5.41, 5.74) is 0.273. The molecule has 4 rings (SSSR count). The Balaban J connectivity index is 1.69. The molecular formula is C19H28O3. The molecular weight excluding hydrogens is 276 g/mol. The number of fused-ring (bicyclic) bond motifs is 5. The van der Waals surface area contributed by atoms with Crippen LogP contribution in [0.25, 0.3) is 0 Å². The number of hydrogen-bond acceptors (Lipinski definition) is 3. The van der Waals surface area contributed by atoms with Gasteiger partial charge in [0.2, 0.25) is 0 Å². The van der Waals surface area contributed by atoms with Gasteiger partial charge in [0.05, 0.1) is 6.10 Å². The maximum Gasteiger partial charge on any atom is 0.133 e. The maximum atomic E-state index is 12.1. The summed E-state index contributed by atoms with van der Waals surface area (Å²) in [7, 11) is 0. The molecule has 3 heteroatoms. The normalized spacial score (nSPS) is 54.6. The summed E-state index contributed by atoms with van der Waals surface area (Å²) in [4.78, 5) is 24.0. The molecule has 0 aromatic carbocycles. The van der Waals surface area contributed by atoms with E-state index in [1.165, 1.54) is 6.42 Å². The van der Waals surface area contributed by atoms with Gasteiger partial charge in [0.1, 0.15) is 11.6 Å². The summed E-state index contributed by atoms with van der Waals surface area (Å²) >= 11 is 0. The lowest BCUT2D eigenvalue weighted by Gasteiger charge is -2.60. The quantitative estimate of drug-likeness (QED) is 0.748. The van der Waals surface area contributed by atoms with Crippen molar-refractivity contribution >= 4 is 11.6 Å². The number of rotatable bonds is 0. The van der Waals surface area contributed by atoms with Gasteiger partial charge in [-0.25, -0.2) is 0 Å². The standard InChI is InChI=1S/C19H28O3/c1-18-5-4-14-13(15(18)8-12(21)10-18)9-17(22)16-7-11(20)3-6-19(14,16)2/h13-17,22H,3-10H2,1-2H3/t13-,14+,15+,16-,17-,18-,19-/m1/s1. The van der Waals surface area contributed by atoms with Crippen molar-refractivity contribution in [3.8, 4) is 0 Å². The van der Waals surface area contributed by atoms with Crippen LogP contribution in [0.15, 0.2) is 0 Å². The van der Waals surface area contributed by atoms with Gasteiger partial charge in [0.15, 0.2) is 0 Å². The van der Waals surface area contributed by atoms with Crippen LogP contribution in [-0.2, 0) is 9.59 Å². The largest absolute Gasteiger partial charge is 0.393 e. The number of hydrogen-bond donors (Lipinski definition) is 1. The summed E-state index contributed by atoms with van der Waals surface area (Å²) in [5.74, 6) is 2.44. The Morgan fingerprint density at radius 1 is 1.00 bits per heavy atom. The molecule has 0 aromatic heterocycles. The van der Waals surface area contributed by atoms with E-state index in [1.807, 2.05) is 0 Å². The highest BCUT2D eigenvalue weighted by Crippen LogP contribution is 2.65. The van der Waals surface area contributed by atoms with Crippen LogP contribution >= 0.6 is 0 Å². The molecule has 4 aliphatic rings. The van der Waals surface area contributed by atoms with E-state index in [4.69, 9.17) is 0 Å². The fourth-order valence-electron chi connectivity index (χ4n) is 6.87. The highest BCUT2D eigenvalue weighted by Gasteiger charge is 2.61. The van der Waals surface area contributed by atoms with Crippen molar-refractivity contribution < 1.29 is 14.7 Å². The Labute approximate surface area is 132 Å². The lowest BCUT2D eigenvalue weighted by Crippen LogP contribution is -2.57. The van der Waals surface area contributed by atoms with Crippen LogP contribution in [0.4, 0.5) is 0 Å². The van der Waals surface area contributed by atoms with Gasteiger partial charge in [-0.2, -0.15) is 0 Å². The van der Waals surface area contributed by atoms with Crippen molar-refractivity contribution in [3.05, 3.63) is 0 Å². The van der Waals surface area contributed by atoms with Crippen LogP contribution in [0.1, 0.15) is 65.2 Å². The zero-order valence-corrected chi connectivity index (χ0v) is 13.8. The van der Waals surface area contributed by atoms with Gasteiger partial charge in [-0.3, -0.25) is 9.59 Å². The fourth-order valence-corrected chi connectivity index (χ4v) is 6.87. The monoisotopic (exact) mass is 304 g/mol. The van der Waals surface area contributed by atoms with Crippen LogP contribution in [0.2, 0.25) is 0 Å². The van der Waals surface area contributed by atoms with Crippen molar-refractivity contribution in [2.24, 2.45) is 34.5 Å². The lowest BCUT2D eigenvalue weighted by atomic mass is 9.45. The van der Waals surface area contributed by atoms with Gasteiger partial charge in [0, 0.05) is 25.7 Å². The van der Waals surface area contributed by atoms with Crippen LogP contribution in [0.5, 0.6) is 0 Å². The predicted molar refractivity (Wildman–Crippen MR) is 83.1 cm³/mol. The third kappa shape index (κ3) is 1.90. The molecule has 0 spiro atoms. The van der Waals surface area contributed by atoms with E-state index in [0.29, 0.717) is 42.2 Å². The molecule has 0 bridgehead atoms. The van der Waals surface area contributed by atoms with Gasteiger partial charge >= 0.3 is 0 Å². The van der Waals surface area contributed by atoms with Gasteiger partial charge < -0.3 is 5.11 Å². The Kier molecular flexibility index (Phi) is 3.15. The average Bonchev–Trinajstić information content (AvgIpc) is 2.76. The van der Waals surface area contributed by atoms with Crippen LogP contribution in [0, 0.1) is 34.5 Å². The number of carbonyl (C=O) groups is 2. The number of Topliss-reactive ketones (excluding diaryl/α,β-unsaturated/α-hetero) is 2.